The number of ether oxygens (including phenoxy) is 1. The van der Waals surface area contributed by atoms with Crippen LogP contribution in [0.1, 0.15) is 69.7 Å². The van der Waals surface area contributed by atoms with Gasteiger partial charge in [-0.25, -0.2) is 4.39 Å². The summed E-state index contributed by atoms with van der Waals surface area (Å²) < 4.78 is 20.5. The molecule has 3 aromatic carbocycles. The number of hydrogen-bond acceptors (Lipinski definition) is 3. The monoisotopic (exact) mass is 565 g/mol. The van der Waals surface area contributed by atoms with Gasteiger partial charge in [0.05, 0.1) is 5.52 Å². The molecular formula is C36H40FN3O2. The highest BCUT2D eigenvalue weighted by Gasteiger charge is 2.27. The van der Waals surface area contributed by atoms with Crippen LogP contribution in [0.15, 0.2) is 60.7 Å². The van der Waals surface area contributed by atoms with E-state index in [9.17, 15) is 9.18 Å². The number of carbonyl (C=O) groups is 1. The number of likely N-dealkylation sites (tertiary alicyclic amines) is 1. The van der Waals surface area contributed by atoms with E-state index < -0.39 is 5.60 Å². The Kier molecular flexibility index (Phi) is 7.22. The van der Waals surface area contributed by atoms with Crippen LogP contribution in [-0.2, 0) is 16.8 Å². The van der Waals surface area contributed by atoms with E-state index in [1.807, 2.05) is 32.1 Å². The molecule has 2 aliphatic heterocycles. The van der Waals surface area contributed by atoms with Gasteiger partial charge in [0.1, 0.15) is 17.2 Å². The van der Waals surface area contributed by atoms with Crippen LogP contribution in [0.2, 0.25) is 0 Å². The van der Waals surface area contributed by atoms with Crippen LogP contribution in [0.5, 0.6) is 5.75 Å². The quantitative estimate of drug-likeness (QED) is 0.244. The highest BCUT2D eigenvalue weighted by atomic mass is 19.1. The highest BCUT2D eigenvalue weighted by molar-refractivity contribution is 6.12. The average molecular weight is 566 g/mol. The summed E-state index contributed by atoms with van der Waals surface area (Å²) in [5, 5.41) is 5.46. The van der Waals surface area contributed by atoms with E-state index >= 15 is 0 Å². The molecule has 5 nitrogen and oxygen atoms in total. The third-order valence-corrected chi connectivity index (χ3v) is 8.50. The van der Waals surface area contributed by atoms with E-state index in [0.29, 0.717) is 12.1 Å². The topological polar surface area (TPSA) is 57.4 Å². The summed E-state index contributed by atoms with van der Waals surface area (Å²) in [6, 6.07) is 15.8. The van der Waals surface area contributed by atoms with Gasteiger partial charge >= 0.3 is 0 Å². The van der Waals surface area contributed by atoms with Crippen molar-refractivity contribution in [1.29, 1.82) is 0 Å². The molecule has 0 unspecified atom stereocenters. The van der Waals surface area contributed by atoms with Gasteiger partial charge in [0.25, 0.3) is 0 Å². The molecule has 0 aliphatic carbocycles. The lowest BCUT2D eigenvalue weighted by atomic mass is 9.86. The van der Waals surface area contributed by atoms with Gasteiger partial charge in [-0.1, -0.05) is 45.0 Å². The van der Waals surface area contributed by atoms with Crippen LogP contribution in [0.25, 0.3) is 34.0 Å². The molecule has 2 N–H and O–H groups in total. The Morgan fingerprint density at radius 1 is 1.12 bits per heavy atom. The van der Waals surface area contributed by atoms with Crippen LogP contribution in [-0.4, -0.2) is 40.5 Å². The zero-order valence-corrected chi connectivity index (χ0v) is 25.2. The van der Waals surface area contributed by atoms with Crippen molar-refractivity contribution < 1.29 is 13.9 Å². The van der Waals surface area contributed by atoms with Crippen molar-refractivity contribution in [3.05, 3.63) is 88.8 Å². The normalized spacial score (nSPS) is 17.6. The van der Waals surface area contributed by atoms with E-state index in [1.165, 1.54) is 17.0 Å². The van der Waals surface area contributed by atoms with Gasteiger partial charge in [0.2, 0.25) is 5.91 Å². The third kappa shape index (κ3) is 5.73. The fourth-order valence-corrected chi connectivity index (χ4v) is 6.03. The maximum atomic E-state index is 14.1. The van der Waals surface area contributed by atoms with Crippen LogP contribution in [0, 0.1) is 5.82 Å². The number of amides is 1. The number of nitrogens with one attached hydrogen (secondary N) is 2. The van der Waals surface area contributed by atoms with Gasteiger partial charge in [-0.05, 0) is 80.2 Å². The molecule has 0 radical (unpaired) electrons. The minimum absolute atomic E-state index is 0.0355. The van der Waals surface area contributed by atoms with Gasteiger partial charge in [-0.2, -0.15) is 0 Å². The number of aromatic nitrogens is 1. The van der Waals surface area contributed by atoms with Crippen LogP contribution in [0.3, 0.4) is 0 Å². The second kappa shape index (κ2) is 10.7. The Bertz CT molecular complexity index is 1720. The van der Waals surface area contributed by atoms with Gasteiger partial charge in [-0.3, -0.25) is 9.69 Å². The zero-order valence-electron chi connectivity index (χ0n) is 25.2. The first kappa shape index (κ1) is 28.2. The standard InChI is InChI=1S/C36H40FN3O2/c1-35(2,3)25-11-12-31-28(21-25)29-20-23(34-27(33(29)39-31)14-17-36(4,5)42-34)10-13-32(41)38-26-15-18-40(19-16-26)22-24-8-6-7-9-30(24)37/h6-14,17,20-21,26,39H,15-16,18-19,22H2,1-5H3,(H,38,41)/b13-10+. The molecule has 1 aromatic heterocycles. The molecule has 0 saturated carbocycles. The van der Waals surface area contributed by atoms with Crippen LogP contribution < -0.4 is 10.1 Å². The van der Waals surface area contributed by atoms with Crippen molar-refractivity contribution in [1.82, 2.24) is 15.2 Å². The van der Waals surface area contributed by atoms with Gasteiger partial charge in [0.15, 0.2) is 0 Å². The Morgan fingerprint density at radius 2 is 1.88 bits per heavy atom. The number of benzene rings is 3. The largest absolute Gasteiger partial charge is 0.482 e. The first-order chi connectivity index (χ1) is 20.0. The summed E-state index contributed by atoms with van der Waals surface area (Å²) >= 11 is 0. The summed E-state index contributed by atoms with van der Waals surface area (Å²) in [7, 11) is 0. The summed E-state index contributed by atoms with van der Waals surface area (Å²) in [4.78, 5) is 18.9. The summed E-state index contributed by atoms with van der Waals surface area (Å²) in [6.07, 6.45) is 9.39. The average Bonchev–Trinajstić information content (AvgIpc) is 3.31. The molecule has 0 bridgehead atoms. The second-order valence-electron chi connectivity index (χ2n) is 13.3. The van der Waals surface area contributed by atoms with Crippen molar-refractivity contribution >= 4 is 39.9 Å². The molecule has 1 saturated heterocycles. The highest BCUT2D eigenvalue weighted by Crippen LogP contribution is 2.42. The van der Waals surface area contributed by atoms with Gasteiger partial charge in [0, 0.05) is 64.7 Å². The number of rotatable bonds is 5. The van der Waals surface area contributed by atoms with Gasteiger partial charge < -0.3 is 15.0 Å². The Morgan fingerprint density at radius 3 is 2.62 bits per heavy atom. The molecule has 0 spiro atoms. The lowest BCUT2D eigenvalue weighted by molar-refractivity contribution is -0.117. The van der Waals surface area contributed by atoms with Crippen LogP contribution >= 0.6 is 0 Å². The van der Waals surface area contributed by atoms with E-state index in [0.717, 1.165) is 59.2 Å². The van der Waals surface area contributed by atoms with E-state index in [2.05, 4.69) is 72.4 Å². The molecule has 0 atom stereocenters. The van der Waals surface area contributed by atoms with E-state index in [4.69, 9.17) is 4.74 Å². The Balaban J connectivity index is 1.23. The number of fused-ring (bicyclic) bond motifs is 5. The predicted molar refractivity (Wildman–Crippen MR) is 170 cm³/mol. The SMILES string of the molecule is CC1(C)C=Cc2c(c(/C=C/C(=O)NC3CCN(Cc4ccccc4F)CC3)cc3c2[nH]c2ccc(C(C)(C)C)cc23)O1. The van der Waals surface area contributed by atoms with Crippen molar-refractivity contribution in [3.8, 4) is 5.75 Å². The predicted octanol–water partition coefficient (Wildman–Crippen LogP) is 7.74. The Hall–Kier alpha value is -3.90. The smallest absolute Gasteiger partial charge is 0.244 e. The van der Waals surface area contributed by atoms with E-state index in [1.54, 1.807) is 12.1 Å². The van der Waals surface area contributed by atoms with Crippen molar-refractivity contribution in [2.45, 2.75) is 71.1 Å². The minimum atomic E-state index is -0.451. The number of piperidine rings is 1. The first-order valence-electron chi connectivity index (χ1n) is 14.9. The summed E-state index contributed by atoms with van der Waals surface area (Å²) in [5.41, 5.74) is 5.59. The molecule has 4 aromatic rings. The number of nitrogens with zero attached hydrogens (tertiary/aromatic N) is 1. The maximum Gasteiger partial charge on any atom is 0.244 e. The summed E-state index contributed by atoms with van der Waals surface area (Å²) in [6.45, 7) is 13.0. The fourth-order valence-electron chi connectivity index (χ4n) is 6.03. The Labute approximate surface area is 247 Å². The van der Waals surface area contributed by atoms with Crippen LogP contribution in [0.4, 0.5) is 4.39 Å². The fraction of sp³-hybridized carbons (Fsp3) is 0.361. The van der Waals surface area contributed by atoms with Crippen molar-refractivity contribution in [3.63, 3.8) is 0 Å². The third-order valence-electron chi connectivity index (χ3n) is 8.50. The van der Waals surface area contributed by atoms with Crippen molar-refractivity contribution in [2.24, 2.45) is 0 Å². The number of H-pyrrole nitrogens is 1. The maximum absolute atomic E-state index is 14.1. The lowest BCUT2D eigenvalue weighted by Crippen LogP contribution is -2.44. The zero-order chi connectivity index (χ0) is 29.6. The first-order valence-corrected chi connectivity index (χ1v) is 14.9. The molecule has 1 fully saturated rings. The van der Waals surface area contributed by atoms with E-state index in [-0.39, 0.29) is 23.2 Å². The second-order valence-corrected chi connectivity index (χ2v) is 13.3. The molecule has 6 heteroatoms. The molecule has 3 heterocycles. The number of carbonyl (C=O) groups excluding carboxylic acids is 1. The molecule has 218 valence electrons. The molecule has 1 amide bonds. The number of hydrogen-bond donors (Lipinski definition) is 2. The molecular weight excluding hydrogens is 525 g/mol. The molecule has 42 heavy (non-hydrogen) atoms. The molecule has 2 aliphatic rings. The van der Waals surface area contributed by atoms with Gasteiger partial charge in [-0.15, -0.1) is 0 Å². The number of halogens is 1. The molecule has 6 rings (SSSR count). The minimum Gasteiger partial charge on any atom is -0.482 e. The lowest BCUT2D eigenvalue weighted by Gasteiger charge is -2.32. The number of aromatic amines is 1. The van der Waals surface area contributed by atoms with Crippen molar-refractivity contribution in [2.75, 3.05) is 13.1 Å². The summed E-state index contributed by atoms with van der Waals surface area (Å²) in [5.74, 6) is 0.502.